The minimum Gasteiger partial charge on any atom is -0.406 e. The molecule has 0 aliphatic heterocycles. The molecule has 0 aliphatic rings. The third-order valence-electron chi connectivity index (χ3n) is 4.98. The number of aromatic nitrogens is 5. The smallest absolute Gasteiger partial charge is 0.406 e. The van der Waals surface area contributed by atoms with E-state index in [4.69, 9.17) is 0 Å². The predicted octanol–water partition coefficient (Wildman–Crippen LogP) is 4.51. The predicted molar refractivity (Wildman–Crippen MR) is 111 cm³/mol. The van der Waals surface area contributed by atoms with Gasteiger partial charge in [0.15, 0.2) is 16.9 Å². The van der Waals surface area contributed by atoms with E-state index in [1.54, 1.807) is 31.3 Å². The summed E-state index contributed by atoms with van der Waals surface area (Å²) in [5, 5.41) is 5.05. The zero-order valence-corrected chi connectivity index (χ0v) is 16.5. The quantitative estimate of drug-likeness (QED) is 0.449. The molecule has 5 rings (SSSR count). The summed E-state index contributed by atoms with van der Waals surface area (Å²) in [6.45, 7) is 1.71. The minimum atomic E-state index is -4.75. The van der Waals surface area contributed by atoms with E-state index in [0.717, 1.165) is 0 Å². The van der Waals surface area contributed by atoms with Crippen LogP contribution in [0, 0.1) is 6.92 Å². The molecule has 0 amide bonds. The molecule has 0 fully saturated rings. The van der Waals surface area contributed by atoms with Crippen LogP contribution in [-0.2, 0) is 0 Å². The molecule has 0 bridgehead atoms. The van der Waals surface area contributed by atoms with E-state index >= 15 is 0 Å². The van der Waals surface area contributed by atoms with Crippen molar-refractivity contribution in [3.63, 3.8) is 0 Å². The maximum absolute atomic E-state index is 12.7. The number of benzene rings is 2. The van der Waals surface area contributed by atoms with E-state index in [1.807, 2.05) is 6.07 Å². The van der Waals surface area contributed by atoms with E-state index in [-0.39, 0.29) is 11.2 Å². The number of alkyl halides is 3. The largest absolute Gasteiger partial charge is 0.573 e. The number of fused-ring (bicyclic) bond motifs is 2. The van der Waals surface area contributed by atoms with Crippen molar-refractivity contribution >= 4 is 16.6 Å². The standard InChI is InChI=1S/C22H14F3N5O2/c1-12-19(27-16-5-3-2-4-15(16)20(12)31)21-28-18-10-26-17(11-30(18)29-21)13-6-8-14(9-7-13)32-22(23,24)25/h2-11H,1H3,(H,27,31). The van der Waals surface area contributed by atoms with Crippen molar-refractivity contribution in [3.8, 4) is 28.5 Å². The fourth-order valence-corrected chi connectivity index (χ4v) is 3.43. The van der Waals surface area contributed by atoms with Crippen molar-refractivity contribution in [2.45, 2.75) is 13.3 Å². The first-order chi connectivity index (χ1) is 15.3. The summed E-state index contributed by atoms with van der Waals surface area (Å²) >= 11 is 0. The molecular formula is C22H14F3N5O2. The molecule has 10 heteroatoms. The number of rotatable bonds is 3. The van der Waals surface area contributed by atoms with Crippen LogP contribution in [0.15, 0.2) is 65.7 Å². The SMILES string of the molecule is Cc1c(-c2nc3cnc(-c4ccc(OC(F)(F)F)cc4)cn3n2)[nH]c2ccccc2c1=O. The van der Waals surface area contributed by atoms with E-state index in [1.165, 1.54) is 35.0 Å². The number of hydrogen-bond donors (Lipinski definition) is 1. The monoisotopic (exact) mass is 437 g/mol. The molecule has 0 spiro atoms. The van der Waals surface area contributed by atoms with Crippen LogP contribution in [0.4, 0.5) is 13.2 Å². The van der Waals surface area contributed by atoms with Crippen molar-refractivity contribution in [1.82, 2.24) is 24.6 Å². The van der Waals surface area contributed by atoms with Crippen molar-refractivity contribution in [3.05, 3.63) is 76.7 Å². The molecule has 0 unspecified atom stereocenters. The second-order valence-corrected chi connectivity index (χ2v) is 7.08. The Morgan fingerprint density at radius 1 is 1.06 bits per heavy atom. The van der Waals surface area contributed by atoms with Gasteiger partial charge in [0.25, 0.3) is 0 Å². The zero-order valence-electron chi connectivity index (χ0n) is 16.5. The van der Waals surface area contributed by atoms with Gasteiger partial charge >= 0.3 is 6.36 Å². The number of para-hydroxylation sites is 1. The lowest BCUT2D eigenvalue weighted by molar-refractivity contribution is -0.274. The number of H-pyrrole nitrogens is 1. The van der Waals surface area contributed by atoms with Crippen LogP contribution in [0.3, 0.4) is 0 Å². The van der Waals surface area contributed by atoms with Crippen LogP contribution in [0.1, 0.15) is 5.56 Å². The lowest BCUT2D eigenvalue weighted by Crippen LogP contribution is -2.16. The highest BCUT2D eigenvalue weighted by Gasteiger charge is 2.31. The number of halogens is 3. The second-order valence-electron chi connectivity index (χ2n) is 7.08. The average Bonchev–Trinajstić information content (AvgIpc) is 3.19. The fourth-order valence-electron chi connectivity index (χ4n) is 3.43. The molecule has 3 heterocycles. The van der Waals surface area contributed by atoms with Gasteiger partial charge in [0.2, 0.25) is 0 Å². The normalized spacial score (nSPS) is 11.9. The molecule has 3 aromatic heterocycles. The Hall–Kier alpha value is -4.21. The van der Waals surface area contributed by atoms with Crippen molar-refractivity contribution in [2.75, 3.05) is 0 Å². The lowest BCUT2D eigenvalue weighted by atomic mass is 10.1. The summed E-state index contributed by atoms with van der Waals surface area (Å²) in [6, 6.07) is 12.6. The highest BCUT2D eigenvalue weighted by molar-refractivity contribution is 5.82. The first kappa shape index (κ1) is 19.7. The van der Waals surface area contributed by atoms with Gasteiger partial charge < -0.3 is 9.72 Å². The first-order valence-electron chi connectivity index (χ1n) is 9.49. The second kappa shape index (κ2) is 7.19. The van der Waals surface area contributed by atoms with Gasteiger partial charge in [-0.25, -0.2) is 9.50 Å². The van der Waals surface area contributed by atoms with Crippen LogP contribution in [0.25, 0.3) is 39.3 Å². The van der Waals surface area contributed by atoms with E-state index in [9.17, 15) is 18.0 Å². The third-order valence-corrected chi connectivity index (χ3v) is 4.98. The molecule has 32 heavy (non-hydrogen) atoms. The van der Waals surface area contributed by atoms with Gasteiger partial charge in [0.1, 0.15) is 5.75 Å². The number of pyridine rings is 1. The van der Waals surface area contributed by atoms with E-state index < -0.39 is 6.36 Å². The fraction of sp³-hybridized carbons (Fsp3) is 0.0909. The molecule has 0 atom stereocenters. The Bertz CT molecular complexity index is 1520. The van der Waals surface area contributed by atoms with Crippen LogP contribution in [-0.4, -0.2) is 30.9 Å². The molecular weight excluding hydrogens is 423 g/mol. The molecule has 160 valence electrons. The van der Waals surface area contributed by atoms with Gasteiger partial charge in [0.05, 0.1) is 23.8 Å². The van der Waals surface area contributed by atoms with Gasteiger partial charge in [-0.3, -0.25) is 9.78 Å². The Morgan fingerprint density at radius 3 is 2.56 bits per heavy atom. The van der Waals surface area contributed by atoms with Crippen molar-refractivity contribution < 1.29 is 17.9 Å². The summed E-state index contributed by atoms with van der Waals surface area (Å²) in [7, 11) is 0. The Morgan fingerprint density at radius 2 is 1.81 bits per heavy atom. The highest BCUT2D eigenvalue weighted by atomic mass is 19.4. The van der Waals surface area contributed by atoms with Gasteiger partial charge in [-0.15, -0.1) is 18.3 Å². The molecule has 2 aromatic carbocycles. The minimum absolute atomic E-state index is 0.104. The van der Waals surface area contributed by atoms with Crippen LogP contribution < -0.4 is 10.2 Å². The van der Waals surface area contributed by atoms with Crippen LogP contribution in [0.5, 0.6) is 5.75 Å². The van der Waals surface area contributed by atoms with Gasteiger partial charge in [0, 0.05) is 22.0 Å². The number of nitrogens with zero attached hydrogens (tertiary/aromatic N) is 4. The van der Waals surface area contributed by atoms with E-state index in [0.29, 0.717) is 44.9 Å². The van der Waals surface area contributed by atoms with Gasteiger partial charge in [-0.05, 0) is 43.3 Å². The molecule has 0 saturated carbocycles. The number of hydrogen-bond acceptors (Lipinski definition) is 5. The summed E-state index contributed by atoms with van der Waals surface area (Å²) in [5.74, 6) is 0.0133. The summed E-state index contributed by atoms with van der Waals surface area (Å²) in [6.07, 6.45) is -1.64. The maximum atomic E-state index is 12.7. The maximum Gasteiger partial charge on any atom is 0.573 e. The third kappa shape index (κ3) is 3.55. The molecule has 5 aromatic rings. The number of aromatic amines is 1. The van der Waals surface area contributed by atoms with Crippen LogP contribution >= 0.6 is 0 Å². The number of ether oxygens (including phenoxy) is 1. The lowest BCUT2D eigenvalue weighted by Gasteiger charge is -2.09. The first-order valence-corrected chi connectivity index (χ1v) is 9.49. The topological polar surface area (TPSA) is 85.2 Å². The number of nitrogens with one attached hydrogen (secondary N) is 1. The summed E-state index contributed by atoms with van der Waals surface area (Å²) in [4.78, 5) is 24.7. The Balaban J connectivity index is 1.53. The molecule has 0 aliphatic carbocycles. The Kier molecular flexibility index (Phi) is 4.43. The molecule has 1 N–H and O–H groups in total. The Labute approximate surface area is 178 Å². The van der Waals surface area contributed by atoms with E-state index in [2.05, 4.69) is 24.8 Å². The van der Waals surface area contributed by atoms with Gasteiger partial charge in [-0.1, -0.05) is 12.1 Å². The zero-order chi connectivity index (χ0) is 22.5. The highest BCUT2D eigenvalue weighted by Crippen LogP contribution is 2.26. The molecule has 0 radical (unpaired) electrons. The van der Waals surface area contributed by atoms with Crippen molar-refractivity contribution in [2.24, 2.45) is 0 Å². The average molecular weight is 437 g/mol. The molecule has 0 saturated heterocycles. The summed E-state index contributed by atoms with van der Waals surface area (Å²) < 4.78 is 42.4. The summed E-state index contributed by atoms with van der Waals surface area (Å²) in [5.41, 5.74) is 3.09. The molecule has 7 nitrogen and oxygen atoms in total. The van der Waals surface area contributed by atoms with Gasteiger partial charge in [-0.2, -0.15) is 0 Å². The van der Waals surface area contributed by atoms with Crippen molar-refractivity contribution in [1.29, 1.82) is 0 Å². The van der Waals surface area contributed by atoms with Crippen LogP contribution in [0.2, 0.25) is 0 Å².